The molecule has 1 atom stereocenters. The molecule has 1 rings (SSSR count). The highest BCUT2D eigenvalue weighted by Crippen LogP contribution is 2.13. The van der Waals surface area contributed by atoms with E-state index >= 15 is 0 Å². The van der Waals surface area contributed by atoms with Crippen LogP contribution in [0.25, 0.3) is 0 Å². The van der Waals surface area contributed by atoms with Crippen molar-refractivity contribution in [2.24, 2.45) is 5.92 Å². The molecule has 0 spiro atoms. The quantitative estimate of drug-likeness (QED) is 0.794. The second kappa shape index (κ2) is 8.16. The van der Waals surface area contributed by atoms with E-state index in [1.807, 2.05) is 13.0 Å². The molecule has 2 N–H and O–H groups in total. The number of hydrogen-bond acceptors (Lipinski definition) is 3. The Labute approximate surface area is 113 Å². The minimum atomic E-state index is 0.0351. The number of hydrogen-bond donors (Lipinski definition) is 2. The molecule has 0 saturated carbocycles. The maximum Gasteiger partial charge on any atom is 0.230 e. The number of benzene rings is 1. The summed E-state index contributed by atoms with van der Waals surface area (Å²) < 4.78 is 0. The third-order valence-corrected chi connectivity index (χ3v) is 3.55. The van der Waals surface area contributed by atoms with E-state index in [-0.39, 0.29) is 18.4 Å². The lowest BCUT2D eigenvalue weighted by Crippen LogP contribution is -2.30. The Morgan fingerprint density at radius 3 is 2.94 bits per heavy atom. The first-order valence-corrected chi connectivity index (χ1v) is 7.28. The van der Waals surface area contributed by atoms with Crippen LogP contribution in [0.1, 0.15) is 18.1 Å². The molecule has 0 aliphatic heterocycles. The van der Waals surface area contributed by atoms with E-state index < -0.39 is 0 Å². The van der Waals surface area contributed by atoms with E-state index in [0.717, 1.165) is 5.75 Å². The van der Waals surface area contributed by atoms with Crippen LogP contribution in [-0.4, -0.2) is 29.9 Å². The van der Waals surface area contributed by atoms with Gasteiger partial charge in [-0.15, -0.1) is 11.8 Å². The highest BCUT2D eigenvalue weighted by molar-refractivity contribution is 7.99. The molecule has 0 saturated heterocycles. The lowest BCUT2D eigenvalue weighted by molar-refractivity contribution is -0.118. The monoisotopic (exact) mass is 267 g/mol. The van der Waals surface area contributed by atoms with Crippen molar-refractivity contribution in [1.29, 1.82) is 0 Å². The van der Waals surface area contributed by atoms with E-state index in [1.54, 1.807) is 11.8 Å². The van der Waals surface area contributed by atoms with Gasteiger partial charge in [0.2, 0.25) is 5.91 Å². The molecule has 0 fully saturated rings. The number of nitrogens with one attached hydrogen (secondary N) is 1. The number of aliphatic hydroxyl groups is 1. The van der Waals surface area contributed by atoms with Crippen molar-refractivity contribution in [1.82, 2.24) is 5.32 Å². The zero-order valence-corrected chi connectivity index (χ0v) is 11.8. The van der Waals surface area contributed by atoms with Crippen LogP contribution >= 0.6 is 11.8 Å². The molecule has 1 aromatic carbocycles. The second-order valence-electron chi connectivity index (χ2n) is 4.57. The Kier molecular flexibility index (Phi) is 6.83. The van der Waals surface area contributed by atoms with Gasteiger partial charge in [0.05, 0.1) is 5.75 Å². The van der Waals surface area contributed by atoms with Crippen molar-refractivity contribution >= 4 is 17.7 Å². The highest BCUT2D eigenvalue weighted by atomic mass is 32.2. The SMILES string of the molecule is Cc1cccc(CSCC(=O)NCC(C)CO)c1. The first-order valence-electron chi connectivity index (χ1n) is 6.12. The number of amides is 1. The summed E-state index contributed by atoms with van der Waals surface area (Å²) in [7, 11) is 0. The molecule has 0 radical (unpaired) electrons. The Hall–Kier alpha value is -1.00. The Morgan fingerprint density at radius 2 is 2.28 bits per heavy atom. The van der Waals surface area contributed by atoms with Gasteiger partial charge in [0, 0.05) is 18.9 Å². The molecule has 100 valence electrons. The Bertz CT molecular complexity index is 382. The minimum absolute atomic E-state index is 0.0351. The molecular weight excluding hydrogens is 246 g/mol. The molecule has 0 bridgehead atoms. The van der Waals surface area contributed by atoms with Gasteiger partial charge in [-0.3, -0.25) is 4.79 Å². The molecule has 1 amide bonds. The summed E-state index contributed by atoms with van der Waals surface area (Å²) in [5.41, 5.74) is 2.49. The average molecular weight is 267 g/mol. The summed E-state index contributed by atoms with van der Waals surface area (Å²) >= 11 is 1.61. The van der Waals surface area contributed by atoms with Crippen molar-refractivity contribution in [3.8, 4) is 0 Å². The molecule has 3 nitrogen and oxygen atoms in total. The van der Waals surface area contributed by atoms with Gasteiger partial charge in [-0.25, -0.2) is 0 Å². The summed E-state index contributed by atoms with van der Waals surface area (Å²) in [6.45, 7) is 4.62. The first kappa shape index (κ1) is 15.1. The van der Waals surface area contributed by atoms with Crippen molar-refractivity contribution in [2.45, 2.75) is 19.6 Å². The van der Waals surface area contributed by atoms with E-state index in [2.05, 4.69) is 30.4 Å². The predicted octanol–water partition coefficient (Wildman–Crippen LogP) is 1.97. The molecule has 18 heavy (non-hydrogen) atoms. The maximum absolute atomic E-state index is 11.5. The lowest BCUT2D eigenvalue weighted by atomic mass is 10.2. The van der Waals surface area contributed by atoms with E-state index in [9.17, 15) is 4.79 Å². The predicted molar refractivity (Wildman–Crippen MR) is 76.6 cm³/mol. The van der Waals surface area contributed by atoms with Gasteiger partial charge in [-0.1, -0.05) is 36.8 Å². The molecule has 0 heterocycles. The molecule has 0 aliphatic rings. The number of thioether (sulfide) groups is 1. The highest BCUT2D eigenvalue weighted by Gasteiger charge is 2.04. The van der Waals surface area contributed by atoms with Gasteiger partial charge in [-0.2, -0.15) is 0 Å². The van der Waals surface area contributed by atoms with Gasteiger partial charge in [-0.05, 0) is 18.4 Å². The number of carbonyl (C=O) groups is 1. The van der Waals surface area contributed by atoms with E-state index in [4.69, 9.17) is 5.11 Å². The zero-order chi connectivity index (χ0) is 13.4. The largest absolute Gasteiger partial charge is 0.396 e. The van der Waals surface area contributed by atoms with Crippen LogP contribution < -0.4 is 5.32 Å². The second-order valence-corrected chi connectivity index (χ2v) is 5.56. The van der Waals surface area contributed by atoms with E-state index in [1.165, 1.54) is 11.1 Å². The number of aliphatic hydroxyl groups excluding tert-OH is 1. The number of aryl methyl sites for hydroxylation is 1. The van der Waals surface area contributed by atoms with Crippen LogP contribution in [0.5, 0.6) is 0 Å². The van der Waals surface area contributed by atoms with Gasteiger partial charge in [0.25, 0.3) is 0 Å². The maximum atomic E-state index is 11.5. The van der Waals surface area contributed by atoms with Gasteiger partial charge in [0.15, 0.2) is 0 Å². The van der Waals surface area contributed by atoms with Crippen LogP contribution in [0.4, 0.5) is 0 Å². The Morgan fingerprint density at radius 1 is 1.50 bits per heavy atom. The van der Waals surface area contributed by atoms with Gasteiger partial charge >= 0.3 is 0 Å². The summed E-state index contributed by atoms with van der Waals surface area (Å²) in [5, 5.41) is 11.7. The summed E-state index contributed by atoms with van der Waals surface area (Å²) in [4.78, 5) is 11.5. The summed E-state index contributed by atoms with van der Waals surface area (Å²) in [6, 6.07) is 8.32. The fourth-order valence-electron chi connectivity index (χ4n) is 1.47. The van der Waals surface area contributed by atoms with Crippen LogP contribution in [0.15, 0.2) is 24.3 Å². The normalized spacial score (nSPS) is 12.2. The molecule has 1 aromatic rings. The van der Waals surface area contributed by atoms with Crippen LogP contribution in [0.2, 0.25) is 0 Å². The molecule has 4 heteroatoms. The third kappa shape index (κ3) is 6.07. The van der Waals surface area contributed by atoms with Crippen LogP contribution in [0.3, 0.4) is 0 Å². The lowest BCUT2D eigenvalue weighted by Gasteiger charge is -2.09. The number of carbonyl (C=O) groups excluding carboxylic acids is 1. The standard InChI is InChI=1S/C14H21NO2S/c1-11-4-3-5-13(6-11)9-18-10-14(17)15-7-12(2)8-16/h3-6,12,16H,7-10H2,1-2H3,(H,15,17). The summed E-state index contributed by atoms with van der Waals surface area (Å²) in [5.74, 6) is 1.47. The summed E-state index contributed by atoms with van der Waals surface area (Å²) in [6.07, 6.45) is 0. The minimum Gasteiger partial charge on any atom is -0.396 e. The zero-order valence-electron chi connectivity index (χ0n) is 11.0. The van der Waals surface area contributed by atoms with Crippen LogP contribution in [0, 0.1) is 12.8 Å². The Balaban J connectivity index is 2.19. The smallest absolute Gasteiger partial charge is 0.230 e. The van der Waals surface area contributed by atoms with E-state index in [0.29, 0.717) is 12.3 Å². The topological polar surface area (TPSA) is 49.3 Å². The van der Waals surface area contributed by atoms with Crippen molar-refractivity contribution in [3.05, 3.63) is 35.4 Å². The molecule has 0 aliphatic carbocycles. The first-order chi connectivity index (χ1) is 8.61. The van der Waals surface area contributed by atoms with Crippen LogP contribution in [-0.2, 0) is 10.5 Å². The molecular formula is C14H21NO2S. The number of rotatable bonds is 7. The average Bonchev–Trinajstić information content (AvgIpc) is 2.36. The van der Waals surface area contributed by atoms with Crippen molar-refractivity contribution in [3.63, 3.8) is 0 Å². The van der Waals surface area contributed by atoms with Gasteiger partial charge in [0.1, 0.15) is 0 Å². The van der Waals surface area contributed by atoms with Crippen molar-refractivity contribution in [2.75, 3.05) is 18.9 Å². The van der Waals surface area contributed by atoms with Crippen molar-refractivity contribution < 1.29 is 9.90 Å². The van der Waals surface area contributed by atoms with Gasteiger partial charge < -0.3 is 10.4 Å². The fourth-order valence-corrected chi connectivity index (χ4v) is 2.27. The molecule has 0 aromatic heterocycles. The fraction of sp³-hybridized carbons (Fsp3) is 0.500. The molecule has 1 unspecified atom stereocenters. The third-order valence-electron chi connectivity index (χ3n) is 2.54.